The van der Waals surface area contributed by atoms with Gasteiger partial charge >= 0.3 is 0 Å². The fraction of sp³-hybridized carbons (Fsp3) is 0.692. The summed E-state index contributed by atoms with van der Waals surface area (Å²) in [5, 5.41) is 12.4. The maximum absolute atomic E-state index is 10.4. The van der Waals surface area contributed by atoms with Gasteiger partial charge in [-0.15, -0.1) is 11.3 Å². The van der Waals surface area contributed by atoms with Gasteiger partial charge in [-0.05, 0) is 77.2 Å². The van der Waals surface area contributed by atoms with Gasteiger partial charge in [0.1, 0.15) is 0 Å². The minimum absolute atomic E-state index is 0.245. The molecule has 2 saturated carbocycles. The van der Waals surface area contributed by atoms with Crippen molar-refractivity contribution in [1.29, 1.82) is 0 Å². The summed E-state index contributed by atoms with van der Waals surface area (Å²) in [7, 11) is 0. The summed E-state index contributed by atoms with van der Waals surface area (Å²) in [5.74, 6) is 0.487. The number of halogens is 1. The molecule has 1 spiro atoms. The van der Waals surface area contributed by atoms with Crippen LogP contribution in [0.25, 0.3) is 0 Å². The van der Waals surface area contributed by atoms with Crippen molar-refractivity contribution in [2.75, 3.05) is 0 Å². The molecular formula is C13H17BrOS. The standard InChI is InChI=1S/C13H17BrOS/c14-10-3-8-16-12(10)11(15)9-1-4-13(5-2-9)6-7-13/h3,8-9,11,15H,1-2,4-7H2. The summed E-state index contributed by atoms with van der Waals surface area (Å²) in [6, 6.07) is 2.04. The fourth-order valence-corrected chi connectivity index (χ4v) is 4.66. The van der Waals surface area contributed by atoms with Crippen molar-refractivity contribution < 1.29 is 5.11 Å². The Morgan fingerprint density at radius 3 is 2.50 bits per heavy atom. The van der Waals surface area contributed by atoms with E-state index in [0.717, 1.165) is 14.8 Å². The first-order chi connectivity index (χ1) is 7.70. The highest BCUT2D eigenvalue weighted by molar-refractivity contribution is 9.10. The zero-order valence-electron chi connectivity index (χ0n) is 9.29. The summed E-state index contributed by atoms with van der Waals surface area (Å²) >= 11 is 5.19. The Bertz CT molecular complexity index is 373. The highest BCUT2D eigenvalue weighted by Gasteiger charge is 2.45. The van der Waals surface area contributed by atoms with Crippen LogP contribution in [0.1, 0.15) is 49.5 Å². The Balaban J connectivity index is 1.67. The summed E-state index contributed by atoms with van der Waals surface area (Å²) in [6.07, 6.45) is 7.76. The average Bonchev–Trinajstić information content (AvgIpc) is 2.90. The van der Waals surface area contributed by atoms with E-state index < -0.39 is 0 Å². The van der Waals surface area contributed by atoms with Crippen LogP contribution in [0.3, 0.4) is 0 Å². The van der Waals surface area contributed by atoms with Gasteiger partial charge in [0.15, 0.2) is 0 Å². The zero-order valence-corrected chi connectivity index (χ0v) is 11.7. The monoisotopic (exact) mass is 300 g/mol. The molecule has 0 aliphatic heterocycles. The molecule has 1 heterocycles. The lowest BCUT2D eigenvalue weighted by atomic mass is 9.77. The molecule has 1 aromatic heterocycles. The Kier molecular flexibility index (Phi) is 2.89. The van der Waals surface area contributed by atoms with Gasteiger partial charge in [-0.25, -0.2) is 0 Å². The van der Waals surface area contributed by atoms with Crippen LogP contribution in [-0.2, 0) is 0 Å². The molecule has 2 fully saturated rings. The topological polar surface area (TPSA) is 20.2 Å². The lowest BCUT2D eigenvalue weighted by Gasteiger charge is -2.31. The molecule has 2 aliphatic rings. The third kappa shape index (κ3) is 1.98. The second-order valence-corrected chi connectivity index (χ2v) is 7.22. The molecule has 16 heavy (non-hydrogen) atoms. The van der Waals surface area contributed by atoms with Crippen LogP contribution in [0.4, 0.5) is 0 Å². The zero-order chi connectivity index (χ0) is 11.2. The minimum Gasteiger partial charge on any atom is -0.387 e. The molecule has 0 amide bonds. The van der Waals surface area contributed by atoms with Gasteiger partial charge in [0.05, 0.1) is 6.10 Å². The Labute approximate surface area is 109 Å². The van der Waals surface area contributed by atoms with Crippen molar-refractivity contribution in [3.05, 3.63) is 20.8 Å². The largest absolute Gasteiger partial charge is 0.387 e. The third-order valence-corrected chi connectivity index (χ3v) is 6.35. The summed E-state index contributed by atoms with van der Waals surface area (Å²) < 4.78 is 1.08. The SMILES string of the molecule is OC(c1sccc1Br)C1CCC2(CC1)CC2. The van der Waals surface area contributed by atoms with E-state index in [-0.39, 0.29) is 6.10 Å². The van der Waals surface area contributed by atoms with Crippen molar-refractivity contribution in [2.45, 2.75) is 44.6 Å². The smallest absolute Gasteiger partial charge is 0.0921 e. The van der Waals surface area contributed by atoms with E-state index in [2.05, 4.69) is 15.9 Å². The molecule has 0 aromatic carbocycles. The van der Waals surface area contributed by atoms with E-state index in [0.29, 0.717) is 5.92 Å². The lowest BCUT2D eigenvalue weighted by molar-refractivity contribution is 0.0720. The number of aliphatic hydroxyl groups excluding tert-OH is 1. The molecule has 0 radical (unpaired) electrons. The van der Waals surface area contributed by atoms with Gasteiger partial charge in [-0.1, -0.05) is 0 Å². The van der Waals surface area contributed by atoms with Crippen LogP contribution < -0.4 is 0 Å². The van der Waals surface area contributed by atoms with E-state index in [1.54, 1.807) is 11.3 Å². The Morgan fingerprint density at radius 2 is 2.00 bits per heavy atom. The Hall–Kier alpha value is 0.140. The quantitative estimate of drug-likeness (QED) is 0.852. The predicted molar refractivity (Wildman–Crippen MR) is 70.6 cm³/mol. The van der Waals surface area contributed by atoms with Gasteiger partial charge in [-0.3, -0.25) is 0 Å². The van der Waals surface area contributed by atoms with E-state index in [9.17, 15) is 5.11 Å². The normalized spacial score (nSPS) is 25.9. The minimum atomic E-state index is -0.245. The molecule has 1 nitrogen and oxygen atoms in total. The molecule has 1 unspecified atom stereocenters. The first-order valence-corrected chi connectivity index (χ1v) is 7.78. The molecule has 0 bridgehead atoms. The summed E-state index contributed by atoms with van der Waals surface area (Å²) in [4.78, 5) is 1.12. The van der Waals surface area contributed by atoms with Crippen LogP contribution in [-0.4, -0.2) is 5.11 Å². The predicted octanol–water partition coefficient (Wildman–Crippen LogP) is 4.51. The number of aliphatic hydroxyl groups is 1. The molecular weight excluding hydrogens is 284 g/mol. The second kappa shape index (κ2) is 4.11. The highest BCUT2D eigenvalue weighted by atomic mass is 79.9. The average molecular weight is 301 g/mol. The summed E-state index contributed by atoms with van der Waals surface area (Å²) in [6.45, 7) is 0. The van der Waals surface area contributed by atoms with E-state index in [4.69, 9.17) is 0 Å². The van der Waals surface area contributed by atoms with Gasteiger partial charge in [0.25, 0.3) is 0 Å². The molecule has 0 saturated heterocycles. The van der Waals surface area contributed by atoms with Gasteiger partial charge in [0, 0.05) is 9.35 Å². The van der Waals surface area contributed by atoms with E-state index in [1.165, 1.54) is 38.5 Å². The van der Waals surface area contributed by atoms with Crippen molar-refractivity contribution in [2.24, 2.45) is 11.3 Å². The van der Waals surface area contributed by atoms with Gasteiger partial charge in [0.2, 0.25) is 0 Å². The molecule has 3 heteroatoms. The Morgan fingerprint density at radius 1 is 1.31 bits per heavy atom. The van der Waals surface area contributed by atoms with Crippen LogP contribution in [0.2, 0.25) is 0 Å². The molecule has 2 aliphatic carbocycles. The number of hydrogen-bond acceptors (Lipinski definition) is 2. The van der Waals surface area contributed by atoms with Gasteiger partial charge < -0.3 is 5.11 Å². The number of rotatable bonds is 2. The highest BCUT2D eigenvalue weighted by Crippen LogP contribution is 2.58. The molecule has 1 N–H and O–H groups in total. The fourth-order valence-electron chi connectivity index (χ4n) is 2.98. The first kappa shape index (κ1) is 11.2. The van der Waals surface area contributed by atoms with Crippen LogP contribution in [0.15, 0.2) is 15.9 Å². The maximum Gasteiger partial charge on any atom is 0.0921 e. The molecule has 88 valence electrons. The van der Waals surface area contributed by atoms with Crippen LogP contribution >= 0.6 is 27.3 Å². The molecule has 3 rings (SSSR count). The molecule has 1 aromatic rings. The van der Waals surface area contributed by atoms with Crippen molar-refractivity contribution in [3.63, 3.8) is 0 Å². The van der Waals surface area contributed by atoms with Crippen molar-refractivity contribution >= 4 is 27.3 Å². The maximum atomic E-state index is 10.4. The summed E-state index contributed by atoms with van der Waals surface area (Å²) in [5.41, 5.74) is 0.725. The van der Waals surface area contributed by atoms with Crippen LogP contribution in [0, 0.1) is 11.3 Å². The van der Waals surface area contributed by atoms with Crippen molar-refractivity contribution in [3.8, 4) is 0 Å². The van der Waals surface area contributed by atoms with Crippen LogP contribution in [0.5, 0.6) is 0 Å². The number of thiophene rings is 1. The first-order valence-electron chi connectivity index (χ1n) is 6.11. The van der Waals surface area contributed by atoms with E-state index >= 15 is 0 Å². The molecule has 1 atom stereocenters. The van der Waals surface area contributed by atoms with E-state index in [1.807, 2.05) is 11.4 Å². The van der Waals surface area contributed by atoms with Gasteiger partial charge in [-0.2, -0.15) is 0 Å². The lowest BCUT2D eigenvalue weighted by Crippen LogP contribution is -2.20. The second-order valence-electron chi connectivity index (χ2n) is 5.42. The third-order valence-electron chi connectivity index (χ3n) is 4.41. The van der Waals surface area contributed by atoms with Crippen molar-refractivity contribution in [1.82, 2.24) is 0 Å². The number of hydrogen-bond donors (Lipinski definition) is 1.